The van der Waals surface area contributed by atoms with Gasteiger partial charge >= 0.3 is 5.69 Å². The summed E-state index contributed by atoms with van der Waals surface area (Å²) in [6.07, 6.45) is 2.79. The topological polar surface area (TPSA) is 125 Å². The van der Waals surface area contributed by atoms with E-state index < -0.39 is 4.92 Å². The summed E-state index contributed by atoms with van der Waals surface area (Å²) in [6.45, 7) is 0.785. The van der Waals surface area contributed by atoms with E-state index in [4.69, 9.17) is 13.9 Å². The summed E-state index contributed by atoms with van der Waals surface area (Å²) in [5.41, 5.74) is 0.641. The molecule has 0 unspecified atom stereocenters. The standard InChI is InChI=1S/C17H15N5O5/c23-22(24)15-16(18-7-11-3-4-13-14(6-11)27-10-26-13)20-9-21-17(15)19-8-12-2-1-5-25-12/h1-6,9H,7-8,10H2,(H2,18,19,20,21). The van der Waals surface area contributed by atoms with Gasteiger partial charge in [0.2, 0.25) is 18.4 Å². The third kappa shape index (κ3) is 3.59. The normalized spacial score (nSPS) is 12.0. The maximum atomic E-state index is 11.6. The molecule has 27 heavy (non-hydrogen) atoms. The Bertz CT molecular complexity index is 960. The molecule has 1 aliphatic rings. The van der Waals surface area contributed by atoms with E-state index in [-0.39, 0.29) is 30.7 Å². The number of ether oxygens (including phenoxy) is 2. The Morgan fingerprint density at radius 1 is 1.07 bits per heavy atom. The van der Waals surface area contributed by atoms with Gasteiger partial charge in [-0.25, -0.2) is 9.97 Å². The number of hydrogen-bond acceptors (Lipinski definition) is 9. The van der Waals surface area contributed by atoms with Crippen LogP contribution in [0.4, 0.5) is 17.3 Å². The van der Waals surface area contributed by atoms with Crippen molar-refractivity contribution in [1.29, 1.82) is 0 Å². The van der Waals surface area contributed by atoms with Crippen molar-refractivity contribution in [2.24, 2.45) is 0 Å². The molecule has 1 aromatic carbocycles. The predicted molar refractivity (Wildman–Crippen MR) is 94.6 cm³/mol. The quantitative estimate of drug-likeness (QED) is 0.477. The molecule has 0 bridgehead atoms. The van der Waals surface area contributed by atoms with Gasteiger partial charge in [-0.2, -0.15) is 0 Å². The van der Waals surface area contributed by atoms with E-state index in [2.05, 4.69) is 20.6 Å². The minimum absolute atomic E-state index is 0.111. The van der Waals surface area contributed by atoms with Crippen molar-refractivity contribution in [2.45, 2.75) is 13.1 Å². The first-order chi connectivity index (χ1) is 13.2. The fourth-order valence-electron chi connectivity index (χ4n) is 2.63. The molecule has 4 rings (SSSR count). The van der Waals surface area contributed by atoms with Gasteiger partial charge in [-0.1, -0.05) is 6.07 Å². The van der Waals surface area contributed by atoms with Crippen LogP contribution in [0, 0.1) is 10.1 Å². The number of hydrogen-bond donors (Lipinski definition) is 2. The Balaban J connectivity index is 1.51. The predicted octanol–water partition coefficient (Wildman–Crippen LogP) is 2.93. The summed E-state index contributed by atoms with van der Waals surface area (Å²) in [5.74, 6) is 2.19. The number of fused-ring (bicyclic) bond motifs is 1. The van der Waals surface area contributed by atoms with E-state index in [1.165, 1.54) is 12.6 Å². The highest BCUT2D eigenvalue weighted by molar-refractivity contribution is 5.69. The van der Waals surface area contributed by atoms with E-state index in [1.54, 1.807) is 18.2 Å². The third-order valence-corrected chi connectivity index (χ3v) is 3.91. The lowest BCUT2D eigenvalue weighted by Crippen LogP contribution is -2.09. The van der Waals surface area contributed by atoms with Gasteiger partial charge in [-0.05, 0) is 29.8 Å². The van der Waals surface area contributed by atoms with Crippen LogP contribution in [-0.2, 0) is 13.1 Å². The number of benzene rings is 1. The molecule has 0 spiro atoms. The second kappa shape index (κ2) is 7.20. The number of rotatable bonds is 7. The van der Waals surface area contributed by atoms with Crippen LogP contribution in [-0.4, -0.2) is 21.7 Å². The highest BCUT2D eigenvalue weighted by Gasteiger charge is 2.23. The Kier molecular flexibility index (Phi) is 4.44. The largest absolute Gasteiger partial charge is 0.467 e. The van der Waals surface area contributed by atoms with E-state index in [0.29, 0.717) is 23.8 Å². The van der Waals surface area contributed by atoms with Crippen molar-refractivity contribution in [3.05, 3.63) is 64.4 Å². The molecular formula is C17H15N5O5. The Morgan fingerprint density at radius 3 is 2.59 bits per heavy atom. The highest BCUT2D eigenvalue weighted by Crippen LogP contribution is 2.33. The van der Waals surface area contributed by atoms with E-state index >= 15 is 0 Å². The SMILES string of the molecule is O=[N+]([O-])c1c(NCc2ccc3c(c2)OCO3)ncnc1NCc1ccco1. The number of anilines is 2. The van der Waals surface area contributed by atoms with Gasteiger partial charge in [-0.15, -0.1) is 0 Å². The fourth-order valence-corrected chi connectivity index (χ4v) is 2.63. The van der Waals surface area contributed by atoms with Crippen LogP contribution in [0.25, 0.3) is 0 Å². The third-order valence-electron chi connectivity index (χ3n) is 3.91. The lowest BCUT2D eigenvalue weighted by Gasteiger charge is -2.10. The van der Waals surface area contributed by atoms with Crippen molar-refractivity contribution >= 4 is 17.3 Å². The monoisotopic (exact) mass is 369 g/mol. The first-order valence-electron chi connectivity index (χ1n) is 8.09. The summed E-state index contributed by atoms with van der Waals surface area (Å²) in [5, 5.41) is 17.4. The fraction of sp³-hybridized carbons (Fsp3) is 0.176. The molecular weight excluding hydrogens is 354 g/mol. The minimum Gasteiger partial charge on any atom is -0.467 e. The van der Waals surface area contributed by atoms with E-state index in [0.717, 1.165) is 5.56 Å². The van der Waals surface area contributed by atoms with Gasteiger partial charge in [0, 0.05) is 6.54 Å². The van der Waals surface area contributed by atoms with E-state index in [9.17, 15) is 10.1 Å². The van der Waals surface area contributed by atoms with Crippen LogP contribution >= 0.6 is 0 Å². The molecule has 3 heterocycles. The van der Waals surface area contributed by atoms with Crippen LogP contribution in [0.5, 0.6) is 11.5 Å². The number of furan rings is 1. The van der Waals surface area contributed by atoms with Crippen LogP contribution in [0.15, 0.2) is 47.3 Å². The Labute approximate surface area is 153 Å². The summed E-state index contributed by atoms with van der Waals surface area (Å²) in [7, 11) is 0. The number of nitro groups is 1. The Hall–Kier alpha value is -3.82. The summed E-state index contributed by atoms with van der Waals surface area (Å²) in [6, 6.07) is 8.97. The zero-order valence-corrected chi connectivity index (χ0v) is 14.0. The number of nitrogens with one attached hydrogen (secondary N) is 2. The number of aromatic nitrogens is 2. The molecule has 10 heteroatoms. The second-order valence-electron chi connectivity index (χ2n) is 5.65. The molecule has 0 saturated carbocycles. The first kappa shape index (κ1) is 16.6. The van der Waals surface area contributed by atoms with Crippen LogP contribution in [0.2, 0.25) is 0 Å². The smallest absolute Gasteiger partial charge is 0.353 e. The second-order valence-corrected chi connectivity index (χ2v) is 5.65. The van der Waals surface area contributed by atoms with Gasteiger partial charge < -0.3 is 24.5 Å². The molecule has 10 nitrogen and oxygen atoms in total. The zero-order chi connectivity index (χ0) is 18.6. The molecule has 3 aromatic rings. The lowest BCUT2D eigenvalue weighted by atomic mass is 10.2. The molecule has 1 aliphatic heterocycles. The highest BCUT2D eigenvalue weighted by atomic mass is 16.7. The van der Waals surface area contributed by atoms with Crippen molar-refractivity contribution in [1.82, 2.24) is 9.97 Å². The van der Waals surface area contributed by atoms with Crippen molar-refractivity contribution in [3.8, 4) is 11.5 Å². The zero-order valence-electron chi connectivity index (χ0n) is 14.0. The van der Waals surface area contributed by atoms with Crippen LogP contribution in [0.1, 0.15) is 11.3 Å². The van der Waals surface area contributed by atoms with E-state index in [1.807, 2.05) is 12.1 Å². The molecule has 0 amide bonds. The Morgan fingerprint density at radius 2 is 1.85 bits per heavy atom. The molecule has 0 aliphatic carbocycles. The molecule has 138 valence electrons. The first-order valence-corrected chi connectivity index (χ1v) is 8.09. The van der Waals surface area contributed by atoms with Crippen molar-refractivity contribution < 1.29 is 18.8 Å². The average molecular weight is 369 g/mol. The van der Waals surface area contributed by atoms with Crippen molar-refractivity contribution in [3.63, 3.8) is 0 Å². The summed E-state index contributed by atoms with van der Waals surface area (Å²) in [4.78, 5) is 19.0. The van der Waals surface area contributed by atoms with Gasteiger partial charge in [0.05, 0.1) is 17.7 Å². The van der Waals surface area contributed by atoms with Crippen LogP contribution < -0.4 is 20.1 Å². The van der Waals surface area contributed by atoms with Gasteiger partial charge in [-0.3, -0.25) is 10.1 Å². The van der Waals surface area contributed by atoms with Gasteiger partial charge in [0.25, 0.3) is 0 Å². The summed E-state index contributed by atoms with van der Waals surface area (Å²) >= 11 is 0. The minimum atomic E-state index is -0.521. The van der Waals surface area contributed by atoms with Gasteiger partial charge in [0.15, 0.2) is 11.5 Å². The average Bonchev–Trinajstić information content (AvgIpc) is 3.35. The maximum absolute atomic E-state index is 11.6. The molecule has 0 fully saturated rings. The molecule has 0 saturated heterocycles. The van der Waals surface area contributed by atoms with Gasteiger partial charge in [0.1, 0.15) is 12.1 Å². The molecule has 2 N–H and O–H groups in total. The maximum Gasteiger partial charge on any atom is 0.353 e. The summed E-state index contributed by atoms with van der Waals surface area (Å²) < 4.78 is 15.8. The van der Waals surface area contributed by atoms with Crippen LogP contribution in [0.3, 0.4) is 0 Å². The lowest BCUT2D eigenvalue weighted by molar-refractivity contribution is -0.383. The number of nitrogens with zero attached hydrogens (tertiary/aromatic N) is 3. The molecule has 2 aromatic heterocycles. The molecule has 0 radical (unpaired) electrons. The molecule has 0 atom stereocenters. The van der Waals surface area contributed by atoms with Crippen molar-refractivity contribution in [2.75, 3.05) is 17.4 Å².